The van der Waals surface area contributed by atoms with Crippen LogP contribution in [0.3, 0.4) is 0 Å². The lowest BCUT2D eigenvalue weighted by molar-refractivity contribution is 1.34. The lowest BCUT2D eigenvalue weighted by atomic mass is 9.96. The van der Waals surface area contributed by atoms with Crippen LogP contribution in [0.2, 0.25) is 0 Å². The van der Waals surface area contributed by atoms with Gasteiger partial charge >= 0.3 is 0 Å². The number of aromatic nitrogens is 1. The van der Waals surface area contributed by atoms with Gasteiger partial charge in [0.05, 0.1) is 10.6 Å². The van der Waals surface area contributed by atoms with E-state index in [-0.39, 0.29) is 0 Å². The van der Waals surface area contributed by atoms with Gasteiger partial charge in [0.25, 0.3) is 0 Å². The highest BCUT2D eigenvalue weighted by Gasteiger charge is 2.16. The van der Waals surface area contributed by atoms with Gasteiger partial charge in [-0.25, -0.2) is 0 Å². The summed E-state index contributed by atoms with van der Waals surface area (Å²) in [5.74, 6) is 0. The SMILES string of the molecule is c1ccc(-c2csc(-c3ccccn3)c2-c2ccccc2)cc1. The van der Waals surface area contributed by atoms with Gasteiger partial charge in [-0.1, -0.05) is 66.7 Å². The molecule has 2 aromatic heterocycles. The average Bonchev–Trinajstić information content (AvgIpc) is 3.09. The van der Waals surface area contributed by atoms with Crippen LogP contribution < -0.4 is 0 Å². The fourth-order valence-electron chi connectivity index (χ4n) is 2.77. The molecule has 0 fully saturated rings. The summed E-state index contributed by atoms with van der Waals surface area (Å²) in [6.45, 7) is 0. The Balaban J connectivity index is 1.97. The van der Waals surface area contributed by atoms with Gasteiger partial charge in [0.15, 0.2) is 0 Å². The first-order valence-electron chi connectivity index (χ1n) is 7.57. The van der Waals surface area contributed by atoms with Crippen LogP contribution in [0.1, 0.15) is 0 Å². The van der Waals surface area contributed by atoms with Crippen LogP contribution in [-0.2, 0) is 0 Å². The third-order valence-electron chi connectivity index (χ3n) is 3.84. The van der Waals surface area contributed by atoms with E-state index in [9.17, 15) is 0 Å². The Morgan fingerprint density at radius 3 is 1.96 bits per heavy atom. The molecular formula is C21H15NS. The van der Waals surface area contributed by atoms with Gasteiger partial charge in [0.1, 0.15) is 0 Å². The second kappa shape index (κ2) is 6.19. The first-order chi connectivity index (χ1) is 11.4. The molecule has 1 nitrogen and oxygen atoms in total. The number of thiophene rings is 1. The van der Waals surface area contributed by atoms with E-state index in [1.807, 2.05) is 18.3 Å². The van der Waals surface area contributed by atoms with Crippen molar-refractivity contribution in [3.8, 4) is 32.8 Å². The molecule has 0 spiro atoms. The van der Waals surface area contributed by atoms with Gasteiger partial charge in [0, 0.05) is 17.3 Å². The van der Waals surface area contributed by atoms with Crippen LogP contribution in [0.5, 0.6) is 0 Å². The molecule has 0 saturated carbocycles. The Morgan fingerprint density at radius 1 is 0.652 bits per heavy atom. The second-order valence-electron chi connectivity index (χ2n) is 5.30. The van der Waals surface area contributed by atoms with E-state index in [0.717, 1.165) is 5.69 Å². The summed E-state index contributed by atoms with van der Waals surface area (Å²) in [5.41, 5.74) is 6.03. The molecule has 0 unspecified atom stereocenters. The van der Waals surface area contributed by atoms with Crippen molar-refractivity contribution in [1.29, 1.82) is 0 Å². The van der Waals surface area contributed by atoms with Gasteiger partial charge in [-0.15, -0.1) is 11.3 Å². The van der Waals surface area contributed by atoms with Crippen LogP contribution in [0, 0.1) is 0 Å². The molecule has 0 saturated heterocycles. The molecule has 0 aliphatic carbocycles. The van der Waals surface area contributed by atoms with E-state index in [1.165, 1.54) is 27.1 Å². The van der Waals surface area contributed by atoms with Crippen molar-refractivity contribution in [2.24, 2.45) is 0 Å². The molecule has 2 heteroatoms. The van der Waals surface area contributed by atoms with Crippen molar-refractivity contribution >= 4 is 11.3 Å². The minimum atomic E-state index is 1.03. The highest BCUT2D eigenvalue weighted by molar-refractivity contribution is 7.14. The predicted molar refractivity (Wildman–Crippen MR) is 98.4 cm³/mol. The molecule has 0 aliphatic rings. The molecule has 110 valence electrons. The third kappa shape index (κ3) is 2.69. The number of rotatable bonds is 3. The highest BCUT2D eigenvalue weighted by Crippen LogP contribution is 2.43. The van der Waals surface area contributed by atoms with Crippen molar-refractivity contribution < 1.29 is 0 Å². The van der Waals surface area contributed by atoms with Crippen molar-refractivity contribution in [1.82, 2.24) is 4.98 Å². The van der Waals surface area contributed by atoms with Crippen LogP contribution in [-0.4, -0.2) is 4.98 Å². The number of hydrogen-bond acceptors (Lipinski definition) is 2. The maximum Gasteiger partial charge on any atom is 0.0808 e. The van der Waals surface area contributed by atoms with E-state index in [0.29, 0.717) is 0 Å². The number of pyridine rings is 1. The van der Waals surface area contributed by atoms with E-state index < -0.39 is 0 Å². The Hall–Kier alpha value is -2.71. The maximum absolute atomic E-state index is 4.55. The topological polar surface area (TPSA) is 12.9 Å². The molecular weight excluding hydrogens is 298 g/mol. The molecule has 0 bridgehead atoms. The lowest BCUT2D eigenvalue weighted by Crippen LogP contribution is -1.85. The normalized spacial score (nSPS) is 10.6. The largest absolute Gasteiger partial charge is 0.255 e. The minimum absolute atomic E-state index is 1.03. The van der Waals surface area contributed by atoms with Crippen LogP contribution in [0.15, 0.2) is 90.4 Å². The van der Waals surface area contributed by atoms with Crippen LogP contribution >= 0.6 is 11.3 Å². The van der Waals surface area contributed by atoms with Gasteiger partial charge in [0.2, 0.25) is 0 Å². The van der Waals surface area contributed by atoms with Gasteiger partial charge in [-0.3, -0.25) is 4.98 Å². The molecule has 2 aromatic carbocycles. The average molecular weight is 313 g/mol. The monoisotopic (exact) mass is 313 g/mol. The lowest BCUT2D eigenvalue weighted by Gasteiger charge is -2.08. The fourth-order valence-corrected chi connectivity index (χ4v) is 3.84. The maximum atomic E-state index is 4.55. The Kier molecular flexibility index (Phi) is 3.75. The second-order valence-corrected chi connectivity index (χ2v) is 6.18. The van der Waals surface area contributed by atoms with Gasteiger partial charge in [-0.05, 0) is 28.6 Å². The third-order valence-corrected chi connectivity index (χ3v) is 4.84. The molecule has 23 heavy (non-hydrogen) atoms. The molecule has 0 atom stereocenters. The van der Waals surface area contributed by atoms with E-state index in [2.05, 4.69) is 77.1 Å². The van der Waals surface area contributed by atoms with Crippen LogP contribution in [0.4, 0.5) is 0 Å². The first-order valence-corrected chi connectivity index (χ1v) is 8.45. The summed E-state index contributed by atoms with van der Waals surface area (Å²) >= 11 is 1.76. The van der Waals surface area contributed by atoms with Crippen molar-refractivity contribution in [3.05, 3.63) is 90.4 Å². The summed E-state index contributed by atoms with van der Waals surface area (Å²) in [6.07, 6.45) is 1.85. The van der Waals surface area contributed by atoms with Crippen LogP contribution in [0.25, 0.3) is 32.8 Å². The van der Waals surface area contributed by atoms with Gasteiger partial charge in [-0.2, -0.15) is 0 Å². The minimum Gasteiger partial charge on any atom is -0.255 e. The predicted octanol–water partition coefficient (Wildman–Crippen LogP) is 6.14. The number of hydrogen-bond donors (Lipinski definition) is 0. The molecule has 2 heterocycles. The van der Waals surface area contributed by atoms with Gasteiger partial charge < -0.3 is 0 Å². The molecule has 4 rings (SSSR count). The van der Waals surface area contributed by atoms with E-state index >= 15 is 0 Å². The molecule has 0 amide bonds. The number of nitrogens with zero attached hydrogens (tertiary/aromatic N) is 1. The summed E-state index contributed by atoms with van der Waals surface area (Å²) in [7, 11) is 0. The molecule has 0 radical (unpaired) electrons. The summed E-state index contributed by atoms with van der Waals surface area (Å²) in [6, 6.07) is 27.2. The molecule has 4 aromatic rings. The standard InChI is InChI=1S/C21H15NS/c1-3-9-16(10-4-1)18-15-23-21(19-13-7-8-14-22-19)20(18)17-11-5-2-6-12-17/h1-15H. The highest BCUT2D eigenvalue weighted by atomic mass is 32.1. The summed E-state index contributed by atoms with van der Waals surface area (Å²) < 4.78 is 0. The van der Waals surface area contributed by atoms with E-state index in [1.54, 1.807) is 11.3 Å². The zero-order valence-electron chi connectivity index (χ0n) is 12.5. The van der Waals surface area contributed by atoms with Crippen molar-refractivity contribution in [3.63, 3.8) is 0 Å². The van der Waals surface area contributed by atoms with Crippen molar-refractivity contribution in [2.75, 3.05) is 0 Å². The number of benzene rings is 2. The fraction of sp³-hybridized carbons (Fsp3) is 0. The Morgan fingerprint density at radius 2 is 1.30 bits per heavy atom. The Labute approximate surface area is 139 Å². The molecule has 0 N–H and O–H groups in total. The molecule has 0 aliphatic heterocycles. The summed E-state index contributed by atoms with van der Waals surface area (Å²) in [4.78, 5) is 5.77. The zero-order chi connectivity index (χ0) is 15.5. The zero-order valence-corrected chi connectivity index (χ0v) is 13.3. The summed E-state index contributed by atoms with van der Waals surface area (Å²) in [5, 5.41) is 2.24. The first kappa shape index (κ1) is 13.9. The quantitative estimate of drug-likeness (QED) is 0.442. The van der Waals surface area contributed by atoms with E-state index in [4.69, 9.17) is 0 Å². The van der Waals surface area contributed by atoms with Crippen molar-refractivity contribution in [2.45, 2.75) is 0 Å². The Bertz CT molecular complexity index is 840. The smallest absolute Gasteiger partial charge is 0.0808 e.